The van der Waals surface area contributed by atoms with Gasteiger partial charge in [-0.1, -0.05) is 230 Å². The lowest BCUT2D eigenvalue weighted by Gasteiger charge is -2.24. The van der Waals surface area contributed by atoms with Gasteiger partial charge in [0, 0.05) is 6.42 Å². The van der Waals surface area contributed by atoms with E-state index in [4.69, 9.17) is 4.74 Å². The Morgan fingerprint density at radius 3 is 1.32 bits per heavy atom. The SMILES string of the molecule is CCCCC/C=C\C/C=C\C/C=C\C/C=C\CCCC(CC(=O)NC(CO)C(O)CCCCCCCCCCCCCCCC)OC(=O)CCCCCCCCCCCC. The van der Waals surface area contributed by atoms with Gasteiger partial charge in [-0.3, -0.25) is 9.59 Å². The van der Waals surface area contributed by atoms with Gasteiger partial charge in [0.05, 0.1) is 25.2 Å². The predicted molar refractivity (Wildman–Crippen MR) is 259 cm³/mol. The largest absolute Gasteiger partial charge is 0.462 e. The summed E-state index contributed by atoms with van der Waals surface area (Å²) in [6, 6.07) is -0.717. The molecule has 0 radical (unpaired) electrons. The molecule has 3 unspecified atom stereocenters. The third-order valence-corrected chi connectivity index (χ3v) is 11.7. The topological polar surface area (TPSA) is 95.9 Å². The summed E-state index contributed by atoms with van der Waals surface area (Å²) >= 11 is 0. The molecular formula is C54H99NO5. The van der Waals surface area contributed by atoms with E-state index in [2.05, 4.69) is 74.7 Å². The van der Waals surface area contributed by atoms with Gasteiger partial charge in [0.2, 0.25) is 5.91 Å². The molecule has 3 N–H and O–H groups in total. The number of ether oxygens (including phenoxy) is 1. The van der Waals surface area contributed by atoms with Crippen LogP contribution in [0.1, 0.15) is 258 Å². The predicted octanol–water partition coefficient (Wildman–Crippen LogP) is 15.5. The Bertz CT molecular complexity index is 1040. The second-order valence-corrected chi connectivity index (χ2v) is 17.6. The molecule has 0 bridgehead atoms. The highest BCUT2D eigenvalue weighted by Crippen LogP contribution is 2.17. The highest BCUT2D eigenvalue weighted by molar-refractivity contribution is 5.77. The van der Waals surface area contributed by atoms with Crippen molar-refractivity contribution in [1.29, 1.82) is 0 Å². The molecule has 0 spiro atoms. The van der Waals surface area contributed by atoms with E-state index in [0.29, 0.717) is 19.3 Å². The maximum atomic E-state index is 13.2. The third-order valence-electron chi connectivity index (χ3n) is 11.7. The van der Waals surface area contributed by atoms with Crippen molar-refractivity contribution in [2.45, 2.75) is 277 Å². The molecule has 6 nitrogen and oxygen atoms in total. The molecule has 0 heterocycles. The van der Waals surface area contributed by atoms with Crippen molar-refractivity contribution < 1.29 is 24.5 Å². The van der Waals surface area contributed by atoms with Gasteiger partial charge in [-0.05, 0) is 64.2 Å². The number of hydrogen-bond acceptors (Lipinski definition) is 5. The number of aliphatic hydroxyl groups is 2. The first-order valence-electron chi connectivity index (χ1n) is 25.9. The van der Waals surface area contributed by atoms with Crippen LogP contribution in [0.15, 0.2) is 48.6 Å². The molecule has 6 heteroatoms. The second kappa shape index (κ2) is 47.9. The third kappa shape index (κ3) is 42.5. The van der Waals surface area contributed by atoms with Crippen molar-refractivity contribution in [2.24, 2.45) is 0 Å². The van der Waals surface area contributed by atoms with Crippen molar-refractivity contribution in [3.63, 3.8) is 0 Å². The molecule has 0 aromatic carbocycles. The molecular weight excluding hydrogens is 743 g/mol. The highest BCUT2D eigenvalue weighted by Gasteiger charge is 2.24. The minimum absolute atomic E-state index is 0.0421. The lowest BCUT2D eigenvalue weighted by atomic mass is 10.0. The second-order valence-electron chi connectivity index (χ2n) is 17.6. The molecule has 0 fully saturated rings. The summed E-state index contributed by atoms with van der Waals surface area (Å²) in [5, 5.41) is 23.7. The van der Waals surface area contributed by atoms with Gasteiger partial charge in [-0.15, -0.1) is 0 Å². The molecule has 0 rings (SSSR count). The summed E-state index contributed by atoms with van der Waals surface area (Å²) in [5.74, 6) is -0.523. The van der Waals surface area contributed by atoms with Crippen molar-refractivity contribution >= 4 is 11.9 Å². The number of unbranched alkanes of at least 4 members (excludes halogenated alkanes) is 26. The first kappa shape index (κ1) is 57.8. The van der Waals surface area contributed by atoms with Crippen LogP contribution in [0.25, 0.3) is 0 Å². The number of nitrogens with one attached hydrogen (secondary N) is 1. The first-order chi connectivity index (χ1) is 29.5. The molecule has 0 aromatic rings. The number of carbonyl (C=O) groups excluding carboxylic acids is 2. The van der Waals surface area contributed by atoms with E-state index in [9.17, 15) is 19.8 Å². The molecule has 1 amide bonds. The first-order valence-corrected chi connectivity index (χ1v) is 25.9. The number of esters is 1. The quantitative estimate of drug-likeness (QED) is 0.0322. The summed E-state index contributed by atoms with van der Waals surface area (Å²) in [6.45, 7) is 6.43. The van der Waals surface area contributed by atoms with E-state index in [1.54, 1.807) is 0 Å². The Balaban J connectivity index is 4.64. The fourth-order valence-electron chi connectivity index (χ4n) is 7.71. The zero-order valence-electron chi connectivity index (χ0n) is 39.8. The van der Waals surface area contributed by atoms with E-state index in [1.165, 1.54) is 141 Å². The number of hydrogen-bond donors (Lipinski definition) is 3. The fraction of sp³-hybridized carbons (Fsp3) is 0.815. The molecule has 0 aliphatic heterocycles. The van der Waals surface area contributed by atoms with E-state index in [1.807, 2.05) is 0 Å². The van der Waals surface area contributed by atoms with Crippen molar-refractivity contribution in [1.82, 2.24) is 5.32 Å². The molecule has 0 aliphatic rings. The van der Waals surface area contributed by atoms with Crippen molar-refractivity contribution in [3.05, 3.63) is 48.6 Å². The summed E-state index contributed by atoms with van der Waals surface area (Å²) in [6.07, 6.45) is 57.4. The van der Waals surface area contributed by atoms with Crippen LogP contribution >= 0.6 is 0 Å². The average molecular weight is 842 g/mol. The number of rotatable bonds is 46. The number of allylic oxidation sites excluding steroid dienone is 8. The summed E-state index contributed by atoms with van der Waals surface area (Å²) in [4.78, 5) is 26.1. The number of amides is 1. The Morgan fingerprint density at radius 1 is 0.483 bits per heavy atom. The van der Waals surface area contributed by atoms with Gasteiger partial charge in [-0.25, -0.2) is 0 Å². The summed E-state index contributed by atoms with van der Waals surface area (Å²) < 4.78 is 5.89. The van der Waals surface area contributed by atoms with Crippen LogP contribution in [-0.2, 0) is 14.3 Å². The lowest BCUT2D eigenvalue weighted by Crippen LogP contribution is -2.46. The zero-order valence-corrected chi connectivity index (χ0v) is 39.8. The smallest absolute Gasteiger partial charge is 0.306 e. The van der Waals surface area contributed by atoms with Crippen LogP contribution in [0.2, 0.25) is 0 Å². The van der Waals surface area contributed by atoms with Gasteiger partial charge >= 0.3 is 5.97 Å². The number of aliphatic hydroxyl groups excluding tert-OH is 2. The maximum absolute atomic E-state index is 13.2. The van der Waals surface area contributed by atoms with Gasteiger partial charge in [0.25, 0.3) is 0 Å². The lowest BCUT2D eigenvalue weighted by molar-refractivity contribution is -0.151. The van der Waals surface area contributed by atoms with Crippen LogP contribution in [0.4, 0.5) is 0 Å². The normalized spacial score (nSPS) is 13.6. The molecule has 0 saturated heterocycles. The minimum atomic E-state index is -0.800. The Morgan fingerprint density at radius 2 is 0.867 bits per heavy atom. The monoisotopic (exact) mass is 842 g/mol. The van der Waals surface area contributed by atoms with Gasteiger partial charge in [0.1, 0.15) is 6.10 Å². The average Bonchev–Trinajstić information content (AvgIpc) is 3.24. The van der Waals surface area contributed by atoms with Gasteiger partial charge in [-0.2, -0.15) is 0 Å². The molecule has 60 heavy (non-hydrogen) atoms. The highest BCUT2D eigenvalue weighted by atomic mass is 16.5. The Kier molecular flexibility index (Phi) is 46.1. The van der Waals surface area contributed by atoms with Gasteiger partial charge in [0.15, 0.2) is 0 Å². The Labute approximate surface area is 372 Å². The molecule has 0 aromatic heterocycles. The number of carbonyl (C=O) groups is 2. The van der Waals surface area contributed by atoms with Crippen LogP contribution in [0.5, 0.6) is 0 Å². The van der Waals surface area contributed by atoms with E-state index in [0.717, 1.165) is 70.6 Å². The molecule has 3 atom stereocenters. The molecule has 350 valence electrons. The molecule has 0 aliphatic carbocycles. The van der Waals surface area contributed by atoms with Gasteiger partial charge < -0.3 is 20.3 Å². The maximum Gasteiger partial charge on any atom is 0.306 e. The van der Waals surface area contributed by atoms with E-state index in [-0.39, 0.29) is 24.9 Å². The van der Waals surface area contributed by atoms with Crippen LogP contribution in [0, 0.1) is 0 Å². The summed E-state index contributed by atoms with van der Waals surface area (Å²) in [5.41, 5.74) is 0. The summed E-state index contributed by atoms with van der Waals surface area (Å²) in [7, 11) is 0. The van der Waals surface area contributed by atoms with E-state index >= 15 is 0 Å². The van der Waals surface area contributed by atoms with Crippen molar-refractivity contribution in [3.8, 4) is 0 Å². The van der Waals surface area contributed by atoms with E-state index < -0.39 is 18.2 Å². The van der Waals surface area contributed by atoms with Crippen LogP contribution < -0.4 is 5.32 Å². The molecule has 0 saturated carbocycles. The standard InChI is InChI=1S/C54H99NO5/c1-4-7-10-13-16-19-22-24-26-27-28-29-31-33-36-39-42-45-50(60-54(59)47-44-41-38-35-21-18-15-12-9-6-3)48-53(58)55-51(49-56)52(57)46-43-40-37-34-32-30-25-23-20-17-14-11-8-5-2/h16,19,24,26,28-29,33,36,50-52,56-57H,4-15,17-18,20-23,25,27,30-32,34-35,37-49H2,1-3H3,(H,55,58)/b19-16-,26-24-,29-28-,36-33-. The van der Waals surface area contributed by atoms with Crippen LogP contribution in [0.3, 0.4) is 0 Å². The zero-order chi connectivity index (χ0) is 43.8. The Hall–Kier alpha value is -2.18. The minimum Gasteiger partial charge on any atom is -0.462 e. The van der Waals surface area contributed by atoms with Crippen molar-refractivity contribution in [2.75, 3.05) is 6.61 Å². The fourth-order valence-corrected chi connectivity index (χ4v) is 7.71. The van der Waals surface area contributed by atoms with Crippen LogP contribution in [-0.4, -0.2) is 46.9 Å².